The zero-order chi connectivity index (χ0) is 22.0. The van der Waals surface area contributed by atoms with Gasteiger partial charge in [-0.25, -0.2) is 14.1 Å². The lowest BCUT2D eigenvalue weighted by Crippen LogP contribution is -2.14. The van der Waals surface area contributed by atoms with Gasteiger partial charge in [0.15, 0.2) is 5.82 Å². The number of carbonyl (C=O) groups excluding carboxylic acids is 1. The Hall–Kier alpha value is -4.11. The molecular weight excluding hydrogens is 425 g/mol. The molecule has 0 fully saturated rings. The van der Waals surface area contributed by atoms with Gasteiger partial charge < -0.3 is 5.32 Å². The van der Waals surface area contributed by atoms with Crippen LogP contribution in [0.15, 0.2) is 72.8 Å². The minimum atomic E-state index is -0.656. The van der Waals surface area contributed by atoms with E-state index in [4.69, 9.17) is 11.6 Å². The molecule has 1 heterocycles. The van der Waals surface area contributed by atoms with Crippen LogP contribution in [-0.4, -0.2) is 25.6 Å². The van der Waals surface area contributed by atoms with E-state index in [0.717, 1.165) is 0 Å². The molecule has 0 radical (unpaired) electrons. The number of nitro benzene ring substituents is 1. The molecule has 0 aliphatic heterocycles. The van der Waals surface area contributed by atoms with Crippen LogP contribution in [0.4, 0.5) is 15.8 Å². The van der Waals surface area contributed by atoms with Gasteiger partial charge in [0.05, 0.1) is 10.6 Å². The minimum Gasteiger partial charge on any atom is -0.319 e. The second-order valence-corrected chi connectivity index (χ2v) is 6.85. The fraction of sp³-hybridized carbons (Fsp3) is 0. The number of rotatable bonds is 5. The molecule has 1 amide bonds. The molecule has 31 heavy (non-hydrogen) atoms. The molecule has 8 nitrogen and oxygen atoms in total. The average Bonchev–Trinajstić information content (AvgIpc) is 3.20. The molecule has 0 spiro atoms. The Bertz CT molecular complexity index is 1210. The number of non-ortho nitro benzene ring substituents is 1. The molecule has 10 heteroatoms. The fourth-order valence-electron chi connectivity index (χ4n) is 2.84. The van der Waals surface area contributed by atoms with E-state index < -0.39 is 16.6 Å². The second kappa shape index (κ2) is 8.33. The van der Waals surface area contributed by atoms with E-state index in [1.165, 1.54) is 53.2 Å². The highest BCUT2D eigenvalue weighted by Gasteiger charge is 2.20. The van der Waals surface area contributed by atoms with E-state index in [1.54, 1.807) is 24.3 Å². The molecule has 4 rings (SSSR count). The number of aromatic nitrogens is 3. The third-order valence-corrected chi connectivity index (χ3v) is 4.55. The topological polar surface area (TPSA) is 103 Å². The van der Waals surface area contributed by atoms with E-state index in [9.17, 15) is 19.3 Å². The number of hydrogen-bond donors (Lipinski definition) is 1. The number of anilines is 1. The smallest absolute Gasteiger partial charge is 0.295 e. The number of halogens is 2. The van der Waals surface area contributed by atoms with E-state index in [0.29, 0.717) is 22.1 Å². The van der Waals surface area contributed by atoms with Crippen LogP contribution in [0, 0.1) is 15.9 Å². The van der Waals surface area contributed by atoms with Gasteiger partial charge in [0.1, 0.15) is 5.82 Å². The molecule has 0 aliphatic rings. The fourth-order valence-corrected chi connectivity index (χ4v) is 2.97. The van der Waals surface area contributed by atoms with Crippen molar-refractivity contribution in [2.45, 2.75) is 0 Å². The van der Waals surface area contributed by atoms with E-state index in [2.05, 4.69) is 15.4 Å². The van der Waals surface area contributed by atoms with Gasteiger partial charge in [0.2, 0.25) is 5.82 Å². The van der Waals surface area contributed by atoms with Crippen molar-refractivity contribution in [2.75, 3.05) is 5.32 Å². The summed E-state index contributed by atoms with van der Waals surface area (Å²) < 4.78 is 14.8. The third-order valence-electron chi connectivity index (χ3n) is 4.30. The van der Waals surface area contributed by atoms with Crippen LogP contribution in [0.5, 0.6) is 0 Å². The Morgan fingerprint density at radius 3 is 2.45 bits per heavy atom. The van der Waals surface area contributed by atoms with Crippen LogP contribution >= 0.6 is 11.6 Å². The Morgan fingerprint density at radius 2 is 1.77 bits per heavy atom. The first-order valence-corrected chi connectivity index (χ1v) is 9.33. The van der Waals surface area contributed by atoms with E-state index in [1.807, 2.05) is 0 Å². The second-order valence-electron chi connectivity index (χ2n) is 6.42. The van der Waals surface area contributed by atoms with Crippen molar-refractivity contribution < 1.29 is 14.1 Å². The normalized spacial score (nSPS) is 10.6. The summed E-state index contributed by atoms with van der Waals surface area (Å²) in [6.45, 7) is 0. The van der Waals surface area contributed by atoms with Crippen LogP contribution in [0.1, 0.15) is 10.6 Å². The van der Waals surface area contributed by atoms with E-state index >= 15 is 0 Å². The SMILES string of the molecule is O=C(Nc1cccc([N+](=O)[O-])c1)c1nc(-c2ccc(F)cc2)n(-c2ccc(Cl)cc2)n1. The molecule has 0 saturated carbocycles. The first-order valence-electron chi connectivity index (χ1n) is 8.95. The molecule has 154 valence electrons. The molecule has 0 aliphatic carbocycles. The predicted molar refractivity (Wildman–Crippen MR) is 113 cm³/mol. The van der Waals surface area contributed by atoms with E-state index in [-0.39, 0.29) is 17.2 Å². The summed E-state index contributed by atoms with van der Waals surface area (Å²) in [5, 5.41) is 18.3. The molecule has 1 N–H and O–H groups in total. The van der Waals surface area contributed by atoms with Gasteiger partial charge in [0.25, 0.3) is 11.6 Å². The van der Waals surface area contributed by atoms with Gasteiger partial charge in [0, 0.05) is 28.4 Å². The van der Waals surface area contributed by atoms with Crippen LogP contribution in [-0.2, 0) is 0 Å². The van der Waals surface area contributed by atoms with Crippen LogP contribution in [0.2, 0.25) is 5.02 Å². The highest BCUT2D eigenvalue weighted by molar-refractivity contribution is 6.30. The maximum absolute atomic E-state index is 13.4. The predicted octanol–water partition coefficient (Wildman–Crippen LogP) is 4.89. The molecule has 0 atom stereocenters. The summed E-state index contributed by atoms with van der Waals surface area (Å²) in [5.41, 5.74) is 1.19. The average molecular weight is 438 g/mol. The summed E-state index contributed by atoms with van der Waals surface area (Å²) in [6.07, 6.45) is 0. The van der Waals surface area contributed by atoms with Crippen LogP contribution < -0.4 is 5.32 Å². The van der Waals surface area contributed by atoms with Crippen molar-refractivity contribution in [2.24, 2.45) is 0 Å². The lowest BCUT2D eigenvalue weighted by molar-refractivity contribution is -0.384. The maximum Gasteiger partial charge on any atom is 0.295 e. The summed E-state index contributed by atoms with van der Waals surface area (Å²) in [4.78, 5) is 27.4. The van der Waals surface area contributed by atoms with Gasteiger partial charge in [-0.15, -0.1) is 5.10 Å². The van der Waals surface area contributed by atoms with Crippen molar-refractivity contribution in [3.8, 4) is 17.1 Å². The Labute approximate surface area is 180 Å². The number of nitro groups is 1. The van der Waals surface area contributed by atoms with Gasteiger partial charge >= 0.3 is 0 Å². The third kappa shape index (κ3) is 4.41. The summed E-state index contributed by atoms with van der Waals surface area (Å²) >= 11 is 5.96. The first kappa shape index (κ1) is 20.2. The molecule has 1 aromatic heterocycles. The summed E-state index contributed by atoms with van der Waals surface area (Å²) in [6, 6.07) is 17.8. The minimum absolute atomic E-state index is 0.163. The van der Waals surface area contributed by atoms with Crippen LogP contribution in [0.3, 0.4) is 0 Å². The molecular formula is C21H13ClFN5O3. The number of nitrogens with one attached hydrogen (secondary N) is 1. The van der Waals surface area contributed by atoms with Gasteiger partial charge in [-0.1, -0.05) is 17.7 Å². The lowest BCUT2D eigenvalue weighted by Gasteiger charge is -2.06. The number of amides is 1. The molecule has 0 bridgehead atoms. The lowest BCUT2D eigenvalue weighted by atomic mass is 10.2. The maximum atomic E-state index is 13.4. The van der Waals surface area contributed by atoms with Gasteiger partial charge in [-0.05, 0) is 54.6 Å². The Kier molecular flexibility index (Phi) is 5.42. The number of hydrogen-bond acceptors (Lipinski definition) is 5. The van der Waals surface area contributed by atoms with Crippen LogP contribution in [0.25, 0.3) is 17.1 Å². The monoisotopic (exact) mass is 437 g/mol. The summed E-state index contributed by atoms with van der Waals surface area (Å²) in [7, 11) is 0. The zero-order valence-electron chi connectivity index (χ0n) is 15.7. The number of carbonyl (C=O) groups is 1. The molecule has 4 aromatic rings. The quantitative estimate of drug-likeness (QED) is 0.354. The van der Waals surface area contributed by atoms with Crippen molar-refractivity contribution in [1.29, 1.82) is 0 Å². The van der Waals surface area contributed by atoms with Crippen molar-refractivity contribution in [3.05, 3.63) is 99.6 Å². The largest absolute Gasteiger partial charge is 0.319 e. The van der Waals surface area contributed by atoms with Gasteiger partial charge in [-0.2, -0.15) is 0 Å². The van der Waals surface area contributed by atoms with Crippen molar-refractivity contribution in [3.63, 3.8) is 0 Å². The standard InChI is InChI=1S/C21H13ClFN5O3/c22-14-6-10-17(11-7-14)27-20(13-4-8-15(23)9-5-13)25-19(26-27)21(29)24-16-2-1-3-18(12-16)28(30)31/h1-12H,(H,24,29). The van der Waals surface area contributed by atoms with Crippen molar-refractivity contribution >= 4 is 28.9 Å². The summed E-state index contributed by atoms with van der Waals surface area (Å²) in [5.74, 6) is -0.922. The first-order chi connectivity index (χ1) is 14.9. The van der Waals surface area contributed by atoms with Gasteiger partial charge in [-0.3, -0.25) is 14.9 Å². The zero-order valence-corrected chi connectivity index (χ0v) is 16.5. The Balaban J connectivity index is 1.73. The van der Waals surface area contributed by atoms with Crippen molar-refractivity contribution in [1.82, 2.24) is 14.8 Å². The highest BCUT2D eigenvalue weighted by atomic mass is 35.5. The molecule has 0 unspecified atom stereocenters. The highest BCUT2D eigenvalue weighted by Crippen LogP contribution is 2.23. The number of nitrogens with zero attached hydrogens (tertiary/aromatic N) is 4. The molecule has 3 aromatic carbocycles. The molecule has 0 saturated heterocycles. The Morgan fingerprint density at radius 1 is 1.06 bits per heavy atom. The number of benzene rings is 3.